The molecular weight excluding hydrogens is 294 g/mol. The molecule has 5 nitrogen and oxygen atoms in total. The van der Waals surface area contributed by atoms with Gasteiger partial charge in [0.25, 0.3) is 0 Å². The van der Waals surface area contributed by atoms with Gasteiger partial charge in [-0.2, -0.15) is 9.61 Å². The summed E-state index contributed by atoms with van der Waals surface area (Å²) < 4.78 is 1.85. The van der Waals surface area contributed by atoms with Crippen LogP contribution in [0.2, 0.25) is 0 Å². The van der Waals surface area contributed by atoms with Gasteiger partial charge < -0.3 is 0 Å². The standard InChI is InChI=1S/C16H21N5S/c1-2-3-4-5-6-7-8-14-20-21-15(18-19-16(21)22-14)13-9-11-17-12-10-13/h9-12H,2-8H2,1H3. The number of nitrogens with zero attached hydrogens (tertiary/aromatic N) is 5. The minimum absolute atomic E-state index is 0.794. The van der Waals surface area contributed by atoms with Gasteiger partial charge in [-0.3, -0.25) is 4.98 Å². The topological polar surface area (TPSA) is 56.0 Å². The zero-order chi connectivity index (χ0) is 15.2. The summed E-state index contributed by atoms with van der Waals surface area (Å²) in [5.74, 6) is 0.794. The van der Waals surface area contributed by atoms with Crippen molar-refractivity contribution in [1.82, 2.24) is 24.8 Å². The van der Waals surface area contributed by atoms with Crippen LogP contribution in [0.1, 0.15) is 50.5 Å². The first-order valence-electron chi connectivity index (χ1n) is 8.00. The average Bonchev–Trinajstić information content (AvgIpc) is 3.11. The SMILES string of the molecule is CCCCCCCCc1nn2c(-c3ccncc3)nnc2s1. The second kappa shape index (κ2) is 7.45. The third-order valence-electron chi connectivity index (χ3n) is 3.72. The predicted molar refractivity (Wildman–Crippen MR) is 89.0 cm³/mol. The van der Waals surface area contributed by atoms with Gasteiger partial charge in [-0.15, -0.1) is 10.2 Å². The van der Waals surface area contributed by atoms with E-state index in [9.17, 15) is 0 Å². The van der Waals surface area contributed by atoms with Crippen LogP contribution in [0.5, 0.6) is 0 Å². The molecule has 0 bridgehead atoms. The molecule has 3 heterocycles. The van der Waals surface area contributed by atoms with Gasteiger partial charge in [0.1, 0.15) is 5.01 Å². The molecule has 3 rings (SSSR count). The Kier molecular flexibility index (Phi) is 5.11. The Morgan fingerprint density at radius 2 is 1.77 bits per heavy atom. The first-order valence-corrected chi connectivity index (χ1v) is 8.81. The predicted octanol–water partition coefficient (Wildman–Crippen LogP) is 4.15. The number of hydrogen-bond donors (Lipinski definition) is 0. The molecule has 6 heteroatoms. The van der Waals surface area contributed by atoms with E-state index in [0.29, 0.717) is 0 Å². The molecule has 0 atom stereocenters. The fraction of sp³-hybridized carbons (Fsp3) is 0.500. The molecule has 0 radical (unpaired) electrons. The molecule has 116 valence electrons. The van der Waals surface area contributed by atoms with Gasteiger partial charge in [-0.25, -0.2) is 0 Å². The van der Waals surface area contributed by atoms with Crippen molar-refractivity contribution < 1.29 is 0 Å². The molecule has 0 aliphatic rings. The van der Waals surface area contributed by atoms with E-state index in [2.05, 4.69) is 27.2 Å². The lowest BCUT2D eigenvalue weighted by atomic mass is 10.1. The Morgan fingerprint density at radius 1 is 1.00 bits per heavy atom. The first-order chi connectivity index (χ1) is 10.9. The molecule has 0 aliphatic heterocycles. The molecule has 0 fully saturated rings. The number of rotatable bonds is 8. The molecule has 0 aliphatic carbocycles. The maximum atomic E-state index is 4.67. The third-order valence-corrected chi connectivity index (χ3v) is 4.67. The third kappa shape index (κ3) is 3.50. The number of hydrogen-bond acceptors (Lipinski definition) is 5. The normalized spacial score (nSPS) is 11.3. The molecule has 0 amide bonds. The second-order valence-corrected chi connectivity index (χ2v) is 6.51. The van der Waals surface area contributed by atoms with Gasteiger partial charge in [0.2, 0.25) is 4.96 Å². The van der Waals surface area contributed by atoms with Gasteiger partial charge in [0.05, 0.1) is 0 Å². The van der Waals surface area contributed by atoms with Crippen LogP contribution in [-0.4, -0.2) is 24.8 Å². The highest BCUT2D eigenvalue weighted by Crippen LogP contribution is 2.22. The van der Waals surface area contributed by atoms with E-state index >= 15 is 0 Å². The summed E-state index contributed by atoms with van der Waals surface area (Å²) in [4.78, 5) is 4.90. The van der Waals surface area contributed by atoms with E-state index < -0.39 is 0 Å². The van der Waals surface area contributed by atoms with E-state index in [1.165, 1.54) is 38.5 Å². The highest BCUT2D eigenvalue weighted by atomic mass is 32.1. The zero-order valence-corrected chi connectivity index (χ0v) is 13.7. The van der Waals surface area contributed by atoms with Gasteiger partial charge in [-0.05, 0) is 18.6 Å². The molecular formula is C16H21N5S. The largest absolute Gasteiger partial charge is 0.265 e. The Balaban J connectivity index is 1.63. The summed E-state index contributed by atoms with van der Waals surface area (Å²) >= 11 is 1.64. The van der Waals surface area contributed by atoms with Gasteiger partial charge in [0.15, 0.2) is 5.82 Å². The Hall–Kier alpha value is -1.82. The van der Waals surface area contributed by atoms with Crippen LogP contribution >= 0.6 is 11.3 Å². The summed E-state index contributed by atoms with van der Waals surface area (Å²) in [6.45, 7) is 2.25. The van der Waals surface area contributed by atoms with Crippen molar-refractivity contribution >= 4 is 16.3 Å². The van der Waals surface area contributed by atoms with Crippen LogP contribution in [0, 0.1) is 0 Å². The van der Waals surface area contributed by atoms with Crippen LogP contribution in [-0.2, 0) is 6.42 Å². The fourth-order valence-corrected chi connectivity index (χ4v) is 3.37. The lowest BCUT2D eigenvalue weighted by molar-refractivity contribution is 0.605. The molecule has 3 aromatic rings. The summed E-state index contributed by atoms with van der Waals surface area (Å²) in [6, 6.07) is 3.87. The van der Waals surface area contributed by atoms with Crippen LogP contribution in [0.3, 0.4) is 0 Å². The van der Waals surface area contributed by atoms with Crippen molar-refractivity contribution in [3.63, 3.8) is 0 Å². The molecule has 3 aromatic heterocycles. The lowest BCUT2D eigenvalue weighted by Gasteiger charge is -1.98. The number of pyridine rings is 1. The van der Waals surface area contributed by atoms with E-state index in [1.54, 1.807) is 23.7 Å². The van der Waals surface area contributed by atoms with E-state index in [4.69, 9.17) is 0 Å². The van der Waals surface area contributed by atoms with Crippen molar-refractivity contribution in [2.75, 3.05) is 0 Å². The Labute approximate surface area is 134 Å². The molecule has 22 heavy (non-hydrogen) atoms. The van der Waals surface area contributed by atoms with Gasteiger partial charge in [-0.1, -0.05) is 50.4 Å². The van der Waals surface area contributed by atoms with Crippen LogP contribution in [0.25, 0.3) is 16.3 Å². The van der Waals surface area contributed by atoms with Crippen molar-refractivity contribution in [3.05, 3.63) is 29.5 Å². The molecule has 0 saturated heterocycles. The van der Waals surface area contributed by atoms with Crippen LogP contribution < -0.4 is 0 Å². The zero-order valence-electron chi connectivity index (χ0n) is 12.9. The van der Waals surface area contributed by atoms with Crippen molar-refractivity contribution in [1.29, 1.82) is 0 Å². The maximum Gasteiger partial charge on any atom is 0.234 e. The van der Waals surface area contributed by atoms with Crippen molar-refractivity contribution in [3.8, 4) is 11.4 Å². The molecule has 0 unspecified atom stereocenters. The number of aromatic nitrogens is 5. The lowest BCUT2D eigenvalue weighted by Crippen LogP contribution is -1.93. The number of unbranched alkanes of at least 4 members (excludes halogenated alkanes) is 5. The molecule has 0 aromatic carbocycles. The van der Waals surface area contributed by atoms with Gasteiger partial charge in [0, 0.05) is 24.4 Å². The summed E-state index contributed by atoms with van der Waals surface area (Å²) in [6.07, 6.45) is 12.4. The maximum absolute atomic E-state index is 4.67. The van der Waals surface area contributed by atoms with Gasteiger partial charge >= 0.3 is 0 Å². The monoisotopic (exact) mass is 315 g/mol. The quantitative estimate of drug-likeness (QED) is 0.586. The minimum Gasteiger partial charge on any atom is -0.265 e. The molecule has 0 spiro atoms. The fourth-order valence-electron chi connectivity index (χ4n) is 2.50. The minimum atomic E-state index is 0.794. The first kappa shape index (κ1) is 15.1. The summed E-state index contributed by atoms with van der Waals surface area (Å²) in [7, 11) is 0. The van der Waals surface area contributed by atoms with E-state index in [-0.39, 0.29) is 0 Å². The van der Waals surface area contributed by atoms with E-state index in [0.717, 1.165) is 27.8 Å². The highest BCUT2D eigenvalue weighted by Gasteiger charge is 2.12. The Morgan fingerprint density at radius 3 is 2.59 bits per heavy atom. The second-order valence-electron chi connectivity index (χ2n) is 5.47. The number of aryl methyl sites for hydroxylation is 1. The Bertz CT molecular complexity index is 704. The van der Waals surface area contributed by atoms with Crippen LogP contribution in [0.4, 0.5) is 0 Å². The summed E-state index contributed by atoms with van der Waals surface area (Å²) in [5.41, 5.74) is 0.999. The highest BCUT2D eigenvalue weighted by molar-refractivity contribution is 7.16. The molecule has 0 saturated carbocycles. The number of fused-ring (bicyclic) bond motifs is 1. The van der Waals surface area contributed by atoms with Crippen molar-refractivity contribution in [2.45, 2.75) is 51.9 Å². The summed E-state index contributed by atoms with van der Waals surface area (Å²) in [5, 5.41) is 14.3. The van der Waals surface area contributed by atoms with Crippen LogP contribution in [0.15, 0.2) is 24.5 Å². The average molecular weight is 315 g/mol. The smallest absolute Gasteiger partial charge is 0.234 e. The molecule has 0 N–H and O–H groups in total. The van der Waals surface area contributed by atoms with Crippen molar-refractivity contribution in [2.24, 2.45) is 0 Å². The van der Waals surface area contributed by atoms with E-state index in [1.807, 2.05) is 16.6 Å².